The van der Waals surface area contributed by atoms with Gasteiger partial charge in [-0.2, -0.15) is 26.3 Å². The quantitative estimate of drug-likeness (QED) is 0.775. The van der Waals surface area contributed by atoms with E-state index in [1.807, 2.05) is 0 Å². The molecule has 0 aliphatic rings. The maximum atomic E-state index is 12.5. The molecule has 0 amide bonds. The Balaban J connectivity index is 2.09. The standard InChI is InChI=1S/C16H13F6NO/c17-15(18,19)8-7-14(24)11-3-6-13(23-9-11)10-1-4-12(5-2-10)16(20,21)22/h1-6,9,14,24H,7-8H2/t14-/m1/s1. The number of aromatic nitrogens is 1. The monoisotopic (exact) mass is 349 g/mol. The summed E-state index contributed by atoms with van der Waals surface area (Å²) in [5.41, 5.74) is 0.218. The average molecular weight is 349 g/mol. The predicted molar refractivity (Wildman–Crippen MR) is 74.9 cm³/mol. The molecule has 2 nitrogen and oxygen atoms in total. The van der Waals surface area contributed by atoms with E-state index in [1.54, 1.807) is 0 Å². The van der Waals surface area contributed by atoms with E-state index in [1.165, 1.54) is 30.5 Å². The summed E-state index contributed by atoms with van der Waals surface area (Å²) < 4.78 is 73.9. The molecule has 24 heavy (non-hydrogen) atoms. The summed E-state index contributed by atoms with van der Waals surface area (Å²) in [7, 11) is 0. The lowest BCUT2D eigenvalue weighted by atomic mass is 10.0. The summed E-state index contributed by atoms with van der Waals surface area (Å²) in [6.45, 7) is 0. The molecule has 8 heteroatoms. The van der Waals surface area contributed by atoms with Gasteiger partial charge in [-0.15, -0.1) is 0 Å². The number of rotatable bonds is 4. The zero-order chi connectivity index (χ0) is 18.0. The number of aliphatic hydroxyl groups is 1. The van der Waals surface area contributed by atoms with E-state index in [9.17, 15) is 31.4 Å². The van der Waals surface area contributed by atoms with Gasteiger partial charge < -0.3 is 5.11 Å². The largest absolute Gasteiger partial charge is 0.416 e. The first-order valence-corrected chi connectivity index (χ1v) is 6.95. The number of hydrogen-bond acceptors (Lipinski definition) is 2. The number of benzene rings is 1. The third-order valence-electron chi connectivity index (χ3n) is 3.38. The second-order valence-electron chi connectivity index (χ2n) is 5.22. The molecule has 0 saturated carbocycles. The minimum Gasteiger partial charge on any atom is -0.388 e. The van der Waals surface area contributed by atoms with Crippen molar-refractivity contribution in [1.29, 1.82) is 0 Å². The Hall–Kier alpha value is -2.09. The van der Waals surface area contributed by atoms with Crippen LogP contribution in [-0.4, -0.2) is 16.3 Å². The molecule has 1 N–H and O–H groups in total. The molecular formula is C16H13F6NO. The Morgan fingerprint density at radius 3 is 2.00 bits per heavy atom. The van der Waals surface area contributed by atoms with Crippen LogP contribution in [0.4, 0.5) is 26.3 Å². The summed E-state index contributed by atoms with van der Waals surface area (Å²) in [4.78, 5) is 3.98. The summed E-state index contributed by atoms with van der Waals surface area (Å²) in [6, 6.07) is 7.19. The fourth-order valence-electron chi connectivity index (χ4n) is 2.07. The van der Waals surface area contributed by atoms with Gasteiger partial charge in [0.15, 0.2) is 0 Å². The van der Waals surface area contributed by atoms with E-state index < -0.39 is 36.9 Å². The van der Waals surface area contributed by atoms with E-state index in [0.29, 0.717) is 11.3 Å². The van der Waals surface area contributed by atoms with E-state index >= 15 is 0 Å². The van der Waals surface area contributed by atoms with Crippen LogP contribution in [0, 0.1) is 0 Å². The minimum absolute atomic E-state index is 0.218. The van der Waals surface area contributed by atoms with Gasteiger partial charge in [0.05, 0.1) is 17.4 Å². The molecular weight excluding hydrogens is 336 g/mol. The molecule has 0 aliphatic carbocycles. The lowest BCUT2D eigenvalue weighted by Gasteiger charge is -2.13. The molecule has 130 valence electrons. The van der Waals surface area contributed by atoms with Crippen molar-refractivity contribution in [3.8, 4) is 11.3 Å². The van der Waals surface area contributed by atoms with Gasteiger partial charge in [-0.25, -0.2) is 0 Å². The molecule has 2 aromatic rings. The highest BCUT2D eigenvalue weighted by molar-refractivity contribution is 5.59. The molecule has 0 saturated heterocycles. The summed E-state index contributed by atoms with van der Waals surface area (Å²) in [6.07, 6.45) is -10.5. The van der Waals surface area contributed by atoms with Gasteiger partial charge in [0.2, 0.25) is 0 Å². The van der Waals surface area contributed by atoms with E-state index in [-0.39, 0.29) is 5.56 Å². The topological polar surface area (TPSA) is 33.1 Å². The Bertz CT molecular complexity index is 661. The van der Waals surface area contributed by atoms with Crippen LogP contribution in [0.2, 0.25) is 0 Å². The highest BCUT2D eigenvalue weighted by Crippen LogP contribution is 2.31. The van der Waals surface area contributed by atoms with Crippen LogP contribution in [0.1, 0.15) is 30.1 Å². The first kappa shape index (κ1) is 18.3. The van der Waals surface area contributed by atoms with Crippen molar-refractivity contribution in [2.75, 3.05) is 0 Å². The number of nitrogens with zero attached hydrogens (tertiary/aromatic N) is 1. The summed E-state index contributed by atoms with van der Waals surface area (Å²) >= 11 is 0. The van der Waals surface area contributed by atoms with E-state index in [2.05, 4.69) is 4.98 Å². The average Bonchev–Trinajstić information content (AvgIpc) is 2.51. The van der Waals surface area contributed by atoms with Gasteiger partial charge in [0.1, 0.15) is 0 Å². The maximum Gasteiger partial charge on any atom is 0.416 e. The fraction of sp³-hybridized carbons (Fsp3) is 0.312. The van der Waals surface area contributed by atoms with Gasteiger partial charge in [-0.05, 0) is 30.2 Å². The molecule has 0 aliphatic heterocycles. The Morgan fingerprint density at radius 1 is 0.917 bits per heavy atom. The molecule has 0 spiro atoms. The molecule has 0 bridgehead atoms. The van der Waals surface area contributed by atoms with Crippen LogP contribution in [0.25, 0.3) is 11.3 Å². The van der Waals surface area contributed by atoms with Crippen molar-refractivity contribution >= 4 is 0 Å². The van der Waals surface area contributed by atoms with Crippen LogP contribution in [-0.2, 0) is 6.18 Å². The van der Waals surface area contributed by atoms with Crippen LogP contribution in [0.3, 0.4) is 0 Å². The van der Waals surface area contributed by atoms with Crippen LogP contribution in [0.5, 0.6) is 0 Å². The minimum atomic E-state index is -4.43. The van der Waals surface area contributed by atoms with Crippen LogP contribution < -0.4 is 0 Å². The fourth-order valence-corrected chi connectivity index (χ4v) is 2.07. The smallest absolute Gasteiger partial charge is 0.388 e. The van der Waals surface area contributed by atoms with Crippen molar-refractivity contribution < 1.29 is 31.4 Å². The van der Waals surface area contributed by atoms with Gasteiger partial charge in [-0.1, -0.05) is 18.2 Å². The lowest BCUT2D eigenvalue weighted by molar-refractivity contribution is -0.140. The number of aliphatic hydroxyl groups excluding tert-OH is 1. The molecule has 2 rings (SSSR count). The van der Waals surface area contributed by atoms with Crippen LogP contribution >= 0.6 is 0 Å². The molecule has 1 atom stereocenters. The Labute approximate surface area is 133 Å². The second-order valence-corrected chi connectivity index (χ2v) is 5.22. The first-order chi connectivity index (χ1) is 11.1. The van der Waals surface area contributed by atoms with Gasteiger partial charge in [-0.3, -0.25) is 4.98 Å². The number of pyridine rings is 1. The van der Waals surface area contributed by atoms with Gasteiger partial charge in [0.25, 0.3) is 0 Å². The number of hydrogen-bond donors (Lipinski definition) is 1. The third kappa shape index (κ3) is 4.95. The van der Waals surface area contributed by atoms with Crippen molar-refractivity contribution in [2.24, 2.45) is 0 Å². The zero-order valence-electron chi connectivity index (χ0n) is 12.2. The van der Waals surface area contributed by atoms with Crippen molar-refractivity contribution in [3.63, 3.8) is 0 Å². The molecule has 1 aromatic carbocycles. The lowest BCUT2D eigenvalue weighted by Crippen LogP contribution is -2.10. The SMILES string of the molecule is O[C@H](CCC(F)(F)F)c1ccc(-c2ccc(C(F)(F)F)cc2)nc1. The Morgan fingerprint density at radius 2 is 1.54 bits per heavy atom. The molecule has 0 unspecified atom stereocenters. The zero-order valence-corrected chi connectivity index (χ0v) is 12.2. The number of alkyl halides is 6. The van der Waals surface area contributed by atoms with Crippen molar-refractivity contribution in [2.45, 2.75) is 31.3 Å². The predicted octanol–water partition coefficient (Wildman–Crippen LogP) is 5.14. The van der Waals surface area contributed by atoms with Gasteiger partial charge >= 0.3 is 12.4 Å². The molecule has 1 aromatic heterocycles. The van der Waals surface area contributed by atoms with Gasteiger partial charge in [0, 0.05) is 18.2 Å². The third-order valence-corrected chi connectivity index (χ3v) is 3.38. The second kappa shape index (κ2) is 6.80. The Kier molecular flexibility index (Phi) is 5.17. The van der Waals surface area contributed by atoms with Crippen molar-refractivity contribution in [3.05, 3.63) is 53.7 Å². The first-order valence-electron chi connectivity index (χ1n) is 6.95. The molecule has 1 heterocycles. The summed E-state index contributed by atoms with van der Waals surface area (Å²) in [5.74, 6) is 0. The summed E-state index contributed by atoms with van der Waals surface area (Å²) in [5, 5.41) is 9.71. The highest BCUT2D eigenvalue weighted by Gasteiger charge is 2.30. The van der Waals surface area contributed by atoms with Crippen molar-refractivity contribution in [1.82, 2.24) is 4.98 Å². The molecule has 0 radical (unpaired) electrons. The molecule has 0 fully saturated rings. The number of halogens is 6. The van der Waals surface area contributed by atoms with E-state index in [0.717, 1.165) is 12.1 Å². The highest BCUT2D eigenvalue weighted by atomic mass is 19.4. The normalized spacial score (nSPS) is 13.8. The van der Waals surface area contributed by atoms with E-state index in [4.69, 9.17) is 0 Å². The van der Waals surface area contributed by atoms with Crippen LogP contribution in [0.15, 0.2) is 42.6 Å². The maximum absolute atomic E-state index is 12.5.